The number of benzene rings is 2. The van der Waals surface area contributed by atoms with Crippen LogP contribution in [0.3, 0.4) is 0 Å². The van der Waals surface area contributed by atoms with Crippen LogP contribution in [0.1, 0.15) is 15.9 Å². The highest BCUT2D eigenvalue weighted by Crippen LogP contribution is 2.27. The molecule has 1 aromatic heterocycles. The van der Waals surface area contributed by atoms with Crippen molar-refractivity contribution in [3.05, 3.63) is 59.8 Å². The van der Waals surface area contributed by atoms with E-state index in [4.69, 9.17) is 4.74 Å². The summed E-state index contributed by atoms with van der Waals surface area (Å²) in [4.78, 5) is 24.8. The Hall–Kier alpha value is -3.48. The zero-order valence-corrected chi connectivity index (χ0v) is 15.0. The summed E-state index contributed by atoms with van der Waals surface area (Å²) in [6.45, 7) is 0. The maximum Gasteiger partial charge on any atom is 0.328 e. The summed E-state index contributed by atoms with van der Waals surface area (Å²) in [5.74, 6) is -2.13. The summed E-state index contributed by atoms with van der Waals surface area (Å²) in [5.41, 5.74) is 1.58. The summed E-state index contributed by atoms with van der Waals surface area (Å²) in [7, 11) is 3.14. The monoisotopic (exact) mass is 368 g/mol. The van der Waals surface area contributed by atoms with Gasteiger partial charge in [0.15, 0.2) is 0 Å². The molecule has 27 heavy (non-hydrogen) atoms. The number of hydrogen-bond acceptors (Lipinski definition) is 5. The highest BCUT2D eigenvalue weighted by atomic mass is 16.5. The molecular formula is C20H20N2O5. The van der Waals surface area contributed by atoms with Crippen LogP contribution in [0.5, 0.6) is 11.5 Å². The van der Waals surface area contributed by atoms with Crippen LogP contribution >= 0.6 is 0 Å². The van der Waals surface area contributed by atoms with Crippen LogP contribution in [0.15, 0.2) is 48.7 Å². The molecule has 0 bridgehead atoms. The first-order chi connectivity index (χ1) is 12.9. The van der Waals surface area contributed by atoms with Crippen molar-refractivity contribution >= 4 is 22.8 Å². The van der Waals surface area contributed by atoms with E-state index < -0.39 is 17.9 Å². The van der Waals surface area contributed by atoms with Gasteiger partial charge in [-0.1, -0.05) is 24.3 Å². The third kappa shape index (κ3) is 3.57. The first-order valence-electron chi connectivity index (χ1n) is 8.35. The predicted octanol–water partition coefficient (Wildman–Crippen LogP) is 2.10. The van der Waals surface area contributed by atoms with Gasteiger partial charge in [0.25, 0.3) is 5.91 Å². The second kappa shape index (κ2) is 7.41. The molecule has 1 heterocycles. The molecule has 0 aliphatic carbocycles. The van der Waals surface area contributed by atoms with E-state index in [0.29, 0.717) is 0 Å². The van der Waals surface area contributed by atoms with Gasteiger partial charge in [-0.05, 0) is 23.8 Å². The fourth-order valence-corrected chi connectivity index (χ4v) is 3.14. The second-order valence-corrected chi connectivity index (χ2v) is 6.21. The van der Waals surface area contributed by atoms with Crippen LogP contribution in [0, 0.1) is 0 Å². The molecule has 3 N–H and O–H groups in total. The highest BCUT2D eigenvalue weighted by Gasteiger charge is 2.26. The van der Waals surface area contributed by atoms with Crippen molar-refractivity contribution in [3.8, 4) is 11.5 Å². The van der Waals surface area contributed by atoms with Gasteiger partial charge < -0.3 is 24.8 Å². The average Bonchev–Trinajstić information content (AvgIpc) is 2.96. The second-order valence-electron chi connectivity index (χ2n) is 6.21. The summed E-state index contributed by atoms with van der Waals surface area (Å²) in [6, 6.07) is 10.7. The number of methoxy groups -OCH3 is 1. The molecule has 3 aromatic rings. The normalized spacial score (nSPS) is 11.9. The number of phenolic OH excluding ortho intramolecular Hbond substituents is 2. The number of aromatic nitrogens is 1. The van der Waals surface area contributed by atoms with Crippen LogP contribution in [-0.2, 0) is 23.0 Å². The molecule has 0 aliphatic heterocycles. The number of carbonyl (C=O) groups is 2. The lowest BCUT2D eigenvalue weighted by atomic mass is 10.0. The number of fused-ring (bicyclic) bond motifs is 1. The molecule has 7 heteroatoms. The largest absolute Gasteiger partial charge is 0.507 e. The van der Waals surface area contributed by atoms with E-state index in [-0.39, 0.29) is 23.5 Å². The Balaban J connectivity index is 1.91. The summed E-state index contributed by atoms with van der Waals surface area (Å²) >= 11 is 0. The van der Waals surface area contributed by atoms with E-state index in [9.17, 15) is 19.8 Å². The van der Waals surface area contributed by atoms with Gasteiger partial charge in [-0.25, -0.2) is 4.79 Å². The number of para-hydroxylation sites is 1. The van der Waals surface area contributed by atoms with E-state index in [2.05, 4.69) is 5.32 Å². The van der Waals surface area contributed by atoms with Crippen LogP contribution in [-0.4, -0.2) is 39.8 Å². The number of nitrogens with zero attached hydrogens (tertiary/aromatic N) is 1. The van der Waals surface area contributed by atoms with Crippen molar-refractivity contribution < 1.29 is 24.5 Å². The molecular weight excluding hydrogens is 348 g/mol. The quantitative estimate of drug-likeness (QED) is 0.599. The van der Waals surface area contributed by atoms with Gasteiger partial charge in [0.1, 0.15) is 23.1 Å². The Kier molecular flexibility index (Phi) is 5.03. The SMILES string of the molecule is COC(=O)[C@H](Cc1cn(C)c2ccccc12)NC(=O)c1c(O)cccc1O. The number of aromatic hydroxyl groups is 2. The molecule has 0 fully saturated rings. The highest BCUT2D eigenvalue weighted by molar-refractivity contribution is 6.01. The lowest BCUT2D eigenvalue weighted by Crippen LogP contribution is -2.43. The van der Waals surface area contributed by atoms with Gasteiger partial charge in [0, 0.05) is 30.6 Å². The smallest absolute Gasteiger partial charge is 0.328 e. The number of rotatable bonds is 5. The van der Waals surface area contributed by atoms with E-state index in [0.717, 1.165) is 16.5 Å². The van der Waals surface area contributed by atoms with Gasteiger partial charge in [0.05, 0.1) is 7.11 Å². The molecule has 0 saturated carbocycles. The minimum atomic E-state index is -0.979. The summed E-state index contributed by atoms with van der Waals surface area (Å²) in [6.07, 6.45) is 2.10. The number of ether oxygens (including phenoxy) is 1. The number of aryl methyl sites for hydroxylation is 1. The molecule has 0 aliphatic rings. The number of carbonyl (C=O) groups excluding carboxylic acids is 2. The van der Waals surface area contributed by atoms with E-state index in [1.807, 2.05) is 42.1 Å². The van der Waals surface area contributed by atoms with Gasteiger partial charge >= 0.3 is 5.97 Å². The molecule has 140 valence electrons. The van der Waals surface area contributed by atoms with Crippen molar-refractivity contribution in [2.45, 2.75) is 12.5 Å². The summed E-state index contributed by atoms with van der Waals surface area (Å²) in [5, 5.41) is 23.2. The molecule has 0 radical (unpaired) electrons. The third-order valence-corrected chi connectivity index (χ3v) is 4.44. The maximum atomic E-state index is 12.5. The minimum absolute atomic E-state index is 0.203. The van der Waals surface area contributed by atoms with Crippen LogP contribution in [0.2, 0.25) is 0 Å². The zero-order valence-electron chi connectivity index (χ0n) is 15.0. The van der Waals surface area contributed by atoms with Crippen LogP contribution in [0.25, 0.3) is 10.9 Å². The Bertz CT molecular complexity index is 989. The molecule has 3 rings (SSSR count). The molecule has 2 aromatic carbocycles. The molecule has 0 unspecified atom stereocenters. The van der Waals surface area contributed by atoms with Crippen molar-refractivity contribution in [2.75, 3.05) is 7.11 Å². The van der Waals surface area contributed by atoms with Crippen molar-refractivity contribution in [1.82, 2.24) is 9.88 Å². The predicted molar refractivity (Wildman–Crippen MR) is 99.7 cm³/mol. The Morgan fingerprint density at radius 3 is 2.44 bits per heavy atom. The molecule has 1 amide bonds. The van der Waals surface area contributed by atoms with Gasteiger partial charge in [0.2, 0.25) is 0 Å². The molecule has 1 atom stereocenters. The third-order valence-electron chi connectivity index (χ3n) is 4.44. The molecule has 0 saturated heterocycles. The Morgan fingerprint density at radius 2 is 1.78 bits per heavy atom. The lowest BCUT2D eigenvalue weighted by Gasteiger charge is -2.17. The minimum Gasteiger partial charge on any atom is -0.507 e. The van der Waals surface area contributed by atoms with Gasteiger partial charge in [-0.2, -0.15) is 0 Å². The van der Waals surface area contributed by atoms with Crippen LogP contribution in [0.4, 0.5) is 0 Å². The number of esters is 1. The van der Waals surface area contributed by atoms with Gasteiger partial charge in [-0.15, -0.1) is 0 Å². The first-order valence-corrected chi connectivity index (χ1v) is 8.35. The number of amides is 1. The fraction of sp³-hybridized carbons (Fsp3) is 0.200. The van der Waals surface area contributed by atoms with Crippen molar-refractivity contribution in [3.63, 3.8) is 0 Å². The Morgan fingerprint density at radius 1 is 1.11 bits per heavy atom. The first kappa shape index (κ1) is 18.3. The van der Waals surface area contributed by atoms with E-state index in [1.165, 1.54) is 25.3 Å². The zero-order chi connectivity index (χ0) is 19.6. The summed E-state index contributed by atoms with van der Waals surface area (Å²) < 4.78 is 6.76. The van der Waals surface area contributed by atoms with Crippen molar-refractivity contribution in [2.24, 2.45) is 7.05 Å². The standard InChI is InChI=1S/C20H20N2O5/c1-22-11-12(13-6-3-4-7-15(13)22)10-14(20(26)27-2)21-19(25)18-16(23)8-5-9-17(18)24/h3-9,11,14,23-24H,10H2,1-2H3,(H,21,25)/t14-/m0/s1. The van der Waals surface area contributed by atoms with Crippen LogP contribution < -0.4 is 5.32 Å². The number of nitrogens with one attached hydrogen (secondary N) is 1. The van der Waals surface area contributed by atoms with Gasteiger partial charge in [-0.3, -0.25) is 4.79 Å². The van der Waals surface area contributed by atoms with E-state index >= 15 is 0 Å². The fourth-order valence-electron chi connectivity index (χ4n) is 3.14. The average molecular weight is 368 g/mol. The number of hydrogen-bond donors (Lipinski definition) is 3. The lowest BCUT2D eigenvalue weighted by molar-refractivity contribution is -0.142. The molecule has 0 spiro atoms. The Labute approximate surface area is 155 Å². The molecule has 7 nitrogen and oxygen atoms in total. The maximum absolute atomic E-state index is 12.5. The van der Waals surface area contributed by atoms with Crippen molar-refractivity contribution in [1.29, 1.82) is 0 Å². The number of phenols is 2. The topological polar surface area (TPSA) is 101 Å². The van der Waals surface area contributed by atoms with E-state index in [1.54, 1.807) is 0 Å².